The zero-order valence-electron chi connectivity index (χ0n) is 9.55. The maximum absolute atomic E-state index is 5.82. The molecule has 0 saturated carbocycles. The molecular formula is C13H19NO. The third-order valence-corrected chi connectivity index (χ3v) is 3.53. The van der Waals surface area contributed by atoms with Crippen molar-refractivity contribution >= 4 is 0 Å². The number of benzene rings is 1. The van der Waals surface area contributed by atoms with Crippen LogP contribution in [0.25, 0.3) is 0 Å². The minimum atomic E-state index is -0.124. The predicted octanol–water partition coefficient (Wildman–Crippen LogP) is 1.83. The minimum Gasteiger partial charge on any atom is -0.377 e. The zero-order valence-corrected chi connectivity index (χ0v) is 9.55. The second-order valence-corrected chi connectivity index (χ2v) is 4.54. The molecule has 2 N–H and O–H groups in total. The van der Waals surface area contributed by atoms with Crippen LogP contribution >= 0.6 is 0 Å². The van der Waals surface area contributed by atoms with E-state index in [1.807, 2.05) is 0 Å². The highest BCUT2D eigenvalue weighted by atomic mass is 16.5. The lowest BCUT2D eigenvalue weighted by Gasteiger charge is -2.36. The molecule has 0 spiro atoms. The average molecular weight is 205 g/mol. The van der Waals surface area contributed by atoms with E-state index >= 15 is 0 Å². The van der Waals surface area contributed by atoms with E-state index in [1.54, 1.807) is 7.11 Å². The quantitative estimate of drug-likeness (QED) is 0.799. The molecule has 0 saturated heterocycles. The first-order valence-corrected chi connectivity index (χ1v) is 5.53. The molecule has 0 heterocycles. The summed E-state index contributed by atoms with van der Waals surface area (Å²) >= 11 is 0. The second-order valence-electron chi connectivity index (χ2n) is 4.54. The SMILES string of the molecule is COC1(CN)CCc2ccc(C)cc2C1. The topological polar surface area (TPSA) is 35.2 Å². The first kappa shape index (κ1) is 10.7. The third kappa shape index (κ3) is 1.92. The van der Waals surface area contributed by atoms with Crippen LogP contribution in [0.4, 0.5) is 0 Å². The van der Waals surface area contributed by atoms with Gasteiger partial charge in [0.05, 0.1) is 5.60 Å². The molecule has 0 radical (unpaired) electrons. The van der Waals surface area contributed by atoms with Crippen molar-refractivity contribution in [1.82, 2.24) is 0 Å². The van der Waals surface area contributed by atoms with Crippen LogP contribution in [0.15, 0.2) is 18.2 Å². The number of nitrogens with two attached hydrogens (primary N) is 1. The number of hydrogen-bond acceptors (Lipinski definition) is 2. The molecule has 1 aliphatic carbocycles. The summed E-state index contributed by atoms with van der Waals surface area (Å²) in [6.07, 6.45) is 3.08. The molecule has 0 bridgehead atoms. The van der Waals surface area contributed by atoms with E-state index < -0.39 is 0 Å². The van der Waals surface area contributed by atoms with E-state index in [9.17, 15) is 0 Å². The van der Waals surface area contributed by atoms with Crippen LogP contribution in [-0.4, -0.2) is 19.3 Å². The molecule has 1 aliphatic rings. The van der Waals surface area contributed by atoms with Gasteiger partial charge in [-0.3, -0.25) is 0 Å². The molecule has 15 heavy (non-hydrogen) atoms. The molecule has 1 aromatic rings. The Balaban J connectivity index is 2.32. The first-order chi connectivity index (χ1) is 7.19. The molecule has 82 valence electrons. The van der Waals surface area contributed by atoms with Gasteiger partial charge in [0, 0.05) is 20.1 Å². The lowest BCUT2D eigenvalue weighted by molar-refractivity contribution is -0.0134. The normalized spacial score (nSPS) is 25.0. The molecule has 1 aromatic carbocycles. The fourth-order valence-electron chi connectivity index (χ4n) is 2.39. The van der Waals surface area contributed by atoms with Gasteiger partial charge in [0.2, 0.25) is 0 Å². The molecule has 2 rings (SSSR count). The summed E-state index contributed by atoms with van der Waals surface area (Å²) in [5.74, 6) is 0. The summed E-state index contributed by atoms with van der Waals surface area (Å²) in [5, 5.41) is 0. The van der Waals surface area contributed by atoms with Crippen molar-refractivity contribution in [2.75, 3.05) is 13.7 Å². The number of aryl methyl sites for hydroxylation is 2. The summed E-state index contributed by atoms with van der Waals surface area (Å²) in [6.45, 7) is 2.74. The molecule has 1 atom stereocenters. The van der Waals surface area contributed by atoms with Gasteiger partial charge < -0.3 is 10.5 Å². The maximum Gasteiger partial charge on any atom is 0.0843 e. The standard InChI is InChI=1S/C13H19NO/c1-10-3-4-11-5-6-13(9-14,15-2)8-12(11)7-10/h3-4,7H,5-6,8-9,14H2,1-2H3. The van der Waals surface area contributed by atoms with Gasteiger partial charge in [-0.2, -0.15) is 0 Å². The number of ether oxygens (including phenoxy) is 1. The number of hydrogen-bond donors (Lipinski definition) is 1. The van der Waals surface area contributed by atoms with Crippen molar-refractivity contribution < 1.29 is 4.74 Å². The Hall–Kier alpha value is -0.860. The van der Waals surface area contributed by atoms with Crippen molar-refractivity contribution in [2.24, 2.45) is 5.73 Å². The second kappa shape index (κ2) is 3.95. The Bertz CT molecular complexity index is 356. The van der Waals surface area contributed by atoms with Crippen LogP contribution in [-0.2, 0) is 17.6 Å². The first-order valence-electron chi connectivity index (χ1n) is 5.53. The molecule has 0 fully saturated rings. The van der Waals surface area contributed by atoms with Gasteiger partial charge in [0.1, 0.15) is 0 Å². The Labute approximate surface area is 91.4 Å². The van der Waals surface area contributed by atoms with E-state index in [4.69, 9.17) is 10.5 Å². The molecule has 2 heteroatoms. The van der Waals surface area contributed by atoms with Gasteiger partial charge in [-0.15, -0.1) is 0 Å². The van der Waals surface area contributed by atoms with Gasteiger partial charge >= 0.3 is 0 Å². The average Bonchev–Trinajstić information content (AvgIpc) is 2.28. The highest BCUT2D eigenvalue weighted by Crippen LogP contribution is 2.30. The Morgan fingerprint density at radius 3 is 2.87 bits per heavy atom. The van der Waals surface area contributed by atoms with E-state index in [0.717, 1.165) is 19.3 Å². The summed E-state index contributed by atoms with van der Waals surface area (Å²) in [4.78, 5) is 0. The Morgan fingerprint density at radius 2 is 2.20 bits per heavy atom. The molecule has 2 nitrogen and oxygen atoms in total. The van der Waals surface area contributed by atoms with Crippen molar-refractivity contribution in [2.45, 2.75) is 31.8 Å². The van der Waals surface area contributed by atoms with Crippen LogP contribution in [0.1, 0.15) is 23.1 Å². The van der Waals surface area contributed by atoms with Crippen LogP contribution in [0, 0.1) is 6.92 Å². The molecule has 0 aromatic heterocycles. The Kier molecular flexibility index (Phi) is 2.81. The van der Waals surface area contributed by atoms with Crippen molar-refractivity contribution in [3.05, 3.63) is 34.9 Å². The minimum absolute atomic E-state index is 0.124. The molecule has 1 unspecified atom stereocenters. The number of rotatable bonds is 2. The van der Waals surface area contributed by atoms with E-state index in [1.165, 1.54) is 16.7 Å². The van der Waals surface area contributed by atoms with Crippen LogP contribution in [0.3, 0.4) is 0 Å². The zero-order chi connectivity index (χ0) is 10.9. The number of methoxy groups -OCH3 is 1. The smallest absolute Gasteiger partial charge is 0.0843 e. The van der Waals surface area contributed by atoms with Gasteiger partial charge in [-0.25, -0.2) is 0 Å². The van der Waals surface area contributed by atoms with E-state index in [-0.39, 0.29) is 5.60 Å². The fraction of sp³-hybridized carbons (Fsp3) is 0.538. The van der Waals surface area contributed by atoms with Crippen LogP contribution in [0.2, 0.25) is 0 Å². The summed E-state index contributed by atoms with van der Waals surface area (Å²) < 4.78 is 5.60. The van der Waals surface area contributed by atoms with E-state index in [2.05, 4.69) is 25.1 Å². The van der Waals surface area contributed by atoms with Gasteiger partial charge in [0.25, 0.3) is 0 Å². The van der Waals surface area contributed by atoms with Gasteiger partial charge in [-0.1, -0.05) is 23.8 Å². The third-order valence-electron chi connectivity index (χ3n) is 3.53. The molecular weight excluding hydrogens is 186 g/mol. The highest BCUT2D eigenvalue weighted by molar-refractivity contribution is 5.35. The largest absolute Gasteiger partial charge is 0.377 e. The van der Waals surface area contributed by atoms with E-state index in [0.29, 0.717) is 6.54 Å². The number of fused-ring (bicyclic) bond motifs is 1. The van der Waals surface area contributed by atoms with Crippen LogP contribution in [0.5, 0.6) is 0 Å². The molecule has 0 amide bonds. The van der Waals surface area contributed by atoms with Gasteiger partial charge in [-0.05, 0) is 30.9 Å². The fourth-order valence-corrected chi connectivity index (χ4v) is 2.39. The lowest BCUT2D eigenvalue weighted by atomic mass is 9.80. The van der Waals surface area contributed by atoms with Crippen molar-refractivity contribution in [3.63, 3.8) is 0 Å². The van der Waals surface area contributed by atoms with Crippen LogP contribution < -0.4 is 5.73 Å². The predicted molar refractivity (Wildman–Crippen MR) is 62.0 cm³/mol. The summed E-state index contributed by atoms with van der Waals surface area (Å²) in [6, 6.07) is 6.68. The van der Waals surface area contributed by atoms with Crippen molar-refractivity contribution in [3.8, 4) is 0 Å². The summed E-state index contributed by atoms with van der Waals surface area (Å²) in [7, 11) is 1.77. The van der Waals surface area contributed by atoms with Gasteiger partial charge in [0.15, 0.2) is 0 Å². The molecule has 0 aliphatic heterocycles. The lowest BCUT2D eigenvalue weighted by Crippen LogP contribution is -2.44. The monoisotopic (exact) mass is 205 g/mol. The summed E-state index contributed by atoms with van der Waals surface area (Å²) in [5.41, 5.74) is 9.88. The Morgan fingerprint density at radius 1 is 1.40 bits per heavy atom. The van der Waals surface area contributed by atoms with Crippen molar-refractivity contribution in [1.29, 1.82) is 0 Å². The maximum atomic E-state index is 5.82. The highest BCUT2D eigenvalue weighted by Gasteiger charge is 2.32.